The molecule has 0 heterocycles. The van der Waals surface area contributed by atoms with E-state index >= 15 is 0 Å². The molecule has 0 saturated heterocycles. The summed E-state index contributed by atoms with van der Waals surface area (Å²) in [7, 11) is 0. The van der Waals surface area contributed by atoms with Gasteiger partial charge in [0.1, 0.15) is 0 Å². The van der Waals surface area contributed by atoms with Crippen molar-refractivity contribution in [1.29, 1.82) is 0 Å². The normalized spacial score (nSPS) is 8.29. The first-order chi connectivity index (χ1) is 6.50. The summed E-state index contributed by atoms with van der Waals surface area (Å²) < 4.78 is 0. The van der Waals surface area contributed by atoms with Gasteiger partial charge in [-0.15, -0.1) is 11.8 Å². The molecule has 0 aromatic carbocycles. The van der Waals surface area contributed by atoms with Gasteiger partial charge in [0.15, 0.2) is 0 Å². The lowest BCUT2D eigenvalue weighted by Gasteiger charge is -1.96. The van der Waals surface area contributed by atoms with Crippen LogP contribution in [0.15, 0.2) is 0 Å². The number of unbranched alkanes of at least 4 members (excludes halogenated alkanes) is 3. The Morgan fingerprint density at radius 3 is 2.14 bits per heavy atom. The van der Waals surface area contributed by atoms with Gasteiger partial charge in [-0.3, -0.25) is 0 Å². The highest BCUT2D eigenvalue weighted by atomic mass is 16.6. The Morgan fingerprint density at radius 2 is 1.79 bits per heavy atom. The van der Waals surface area contributed by atoms with Crippen molar-refractivity contribution in [3.05, 3.63) is 0 Å². The summed E-state index contributed by atoms with van der Waals surface area (Å²) in [6.07, 6.45) is 2.65. The van der Waals surface area contributed by atoms with Crippen molar-refractivity contribution >= 4 is 6.16 Å². The van der Waals surface area contributed by atoms with E-state index in [2.05, 4.69) is 32.6 Å². The van der Waals surface area contributed by atoms with Crippen LogP contribution in [0.5, 0.6) is 0 Å². The lowest BCUT2D eigenvalue weighted by Crippen LogP contribution is -2.37. The minimum atomic E-state index is -2.33. The largest absolute Gasteiger partial charge is 0.652 e. The van der Waals surface area contributed by atoms with Crippen molar-refractivity contribution in [3.63, 3.8) is 0 Å². The monoisotopic (exact) mass is 198 g/mol. The molecule has 0 fully saturated rings. The third-order valence-electron chi connectivity index (χ3n) is 1.30. The van der Waals surface area contributed by atoms with Gasteiger partial charge in [-0.05, 0) is 12.6 Å². The van der Waals surface area contributed by atoms with Crippen molar-refractivity contribution in [2.45, 2.75) is 46.5 Å². The number of carbonyl (C=O) groups is 1. The van der Waals surface area contributed by atoms with Crippen molar-refractivity contribution in [3.8, 4) is 11.8 Å². The van der Waals surface area contributed by atoms with Crippen LogP contribution < -0.4 is 10.2 Å². The Bertz CT molecular complexity index is 182. The average Bonchev–Trinajstić information content (AvgIpc) is 2.02. The molecule has 0 aliphatic rings. The smallest absolute Gasteiger partial charge is 0.0146 e. The fraction of sp³-hybridized carbons (Fsp3) is 0.727. The Morgan fingerprint density at radius 1 is 1.29 bits per heavy atom. The van der Waals surface area contributed by atoms with Crippen LogP contribution in [0, 0.1) is 17.8 Å². The maximum atomic E-state index is 8.33. The minimum absolute atomic E-state index is 0.543. The van der Waals surface area contributed by atoms with Crippen LogP contribution in [0.2, 0.25) is 0 Å². The Labute approximate surface area is 86.1 Å². The van der Waals surface area contributed by atoms with Gasteiger partial charge in [-0.25, -0.2) is 0 Å². The molecule has 0 aromatic rings. The van der Waals surface area contributed by atoms with Crippen molar-refractivity contribution in [1.82, 2.24) is 0 Å². The predicted molar refractivity (Wildman–Crippen MR) is 52.2 cm³/mol. The molecule has 14 heavy (non-hydrogen) atoms. The molecule has 3 nitrogen and oxygen atoms in total. The Balaban J connectivity index is 0. The maximum absolute atomic E-state index is 8.33. The van der Waals surface area contributed by atoms with Crippen LogP contribution in [-0.4, -0.2) is 6.16 Å². The first kappa shape index (κ1) is 15.3. The Hall–Kier alpha value is -1.17. The van der Waals surface area contributed by atoms with Crippen LogP contribution in [0.4, 0.5) is 4.79 Å². The van der Waals surface area contributed by atoms with Gasteiger partial charge in [-0.2, -0.15) is 0 Å². The first-order valence-corrected chi connectivity index (χ1v) is 4.87. The van der Waals surface area contributed by atoms with E-state index in [4.69, 9.17) is 15.0 Å². The van der Waals surface area contributed by atoms with E-state index in [1.807, 2.05) is 0 Å². The molecular weight excluding hydrogens is 180 g/mol. The number of hydrogen-bond acceptors (Lipinski definition) is 3. The highest BCUT2D eigenvalue weighted by molar-refractivity contribution is 5.47. The molecule has 0 aliphatic heterocycles. The lowest BCUT2D eigenvalue weighted by molar-refractivity contribution is -0.415. The summed E-state index contributed by atoms with van der Waals surface area (Å²) in [4.78, 5) is 8.33. The van der Waals surface area contributed by atoms with Gasteiger partial charge in [0.25, 0.3) is 0 Å². The maximum Gasteiger partial charge on any atom is 0.0146 e. The zero-order valence-electron chi connectivity index (χ0n) is 9.13. The van der Waals surface area contributed by atoms with Crippen LogP contribution in [0.3, 0.4) is 0 Å². The number of hydrogen-bond donors (Lipinski definition) is 0. The zero-order chi connectivity index (χ0) is 11.4. The first-order valence-electron chi connectivity index (χ1n) is 4.87. The second-order valence-corrected chi connectivity index (χ2v) is 3.18. The second-order valence-electron chi connectivity index (χ2n) is 3.18. The van der Waals surface area contributed by atoms with E-state index in [0.717, 1.165) is 6.42 Å². The predicted octanol–water partition coefficient (Wildman–Crippen LogP) is 0.779. The lowest BCUT2D eigenvalue weighted by atomic mass is 10.2. The van der Waals surface area contributed by atoms with E-state index in [9.17, 15) is 0 Å². The van der Waals surface area contributed by atoms with Gasteiger partial charge in [-0.1, -0.05) is 33.6 Å². The van der Waals surface area contributed by atoms with Crippen LogP contribution in [0.1, 0.15) is 46.5 Å². The third kappa shape index (κ3) is 30.8. The van der Waals surface area contributed by atoms with Crippen LogP contribution >= 0.6 is 0 Å². The summed E-state index contributed by atoms with van der Waals surface area (Å²) in [6.45, 7) is 6.48. The van der Waals surface area contributed by atoms with Crippen molar-refractivity contribution in [2.24, 2.45) is 5.92 Å². The molecular formula is C11H18O3-2. The third-order valence-corrected chi connectivity index (χ3v) is 1.30. The molecule has 0 aliphatic carbocycles. The highest BCUT2D eigenvalue weighted by Crippen LogP contribution is 1.97. The summed E-state index contributed by atoms with van der Waals surface area (Å²) in [5, 5.41) is 16.7. The molecule has 0 N–H and O–H groups in total. The van der Waals surface area contributed by atoms with Gasteiger partial charge >= 0.3 is 0 Å². The van der Waals surface area contributed by atoms with E-state index in [1.165, 1.54) is 19.3 Å². The number of carbonyl (C=O) groups excluding carboxylic acids is 1. The van der Waals surface area contributed by atoms with E-state index in [1.54, 1.807) is 0 Å². The van der Waals surface area contributed by atoms with Crippen LogP contribution in [0.25, 0.3) is 0 Å². The van der Waals surface area contributed by atoms with Crippen molar-refractivity contribution < 1.29 is 15.0 Å². The Kier molecular flexibility index (Phi) is 12.9. The summed E-state index contributed by atoms with van der Waals surface area (Å²) in [5.74, 6) is 6.87. The minimum Gasteiger partial charge on any atom is -0.652 e. The topological polar surface area (TPSA) is 63.2 Å². The van der Waals surface area contributed by atoms with E-state index in [0.29, 0.717) is 5.92 Å². The molecule has 0 bridgehead atoms. The summed E-state index contributed by atoms with van der Waals surface area (Å²) >= 11 is 0. The highest BCUT2D eigenvalue weighted by Gasteiger charge is 1.82. The fourth-order valence-electron chi connectivity index (χ4n) is 0.740. The molecule has 0 unspecified atom stereocenters. The number of rotatable bonds is 3. The molecule has 0 radical (unpaired) electrons. The van der Waals surface area contributed by atoms with Gasteiger partial charge in [0, 0.05) is 12.3 Å². The quantitative estimate of drug-likeness (QED) is 0.497. The molecule has 0 atom stereocenters. The SMILES string of the molecule is CCCCCC#CC(C)C.O=C([O-])[O-]. The molecule has 0 rings (SSSR count). The second kappa shape index (κ2) is 11.8. The van der Waals surface area contributed by atoms with Gasteiger partial charge in [0.05, 0.1) is 0 Å². The summed E-state index contributed by atoms with van der Waals surface area (Å²) in [5.41, 5.74) is 0. The molecule has 82 valence electrons. The molecule has 0 saturated carbocycles. The standard InChI is InChI=1S/C10H18.CH2O3/c1-4-5-6-7-8-9-10(2)3;2-1(3)4/h10H,4-7H2,1-3H3;(H2,2,3,4)/p-2. The molecule has 0 aromatic heterocycles. The molecule has 0 amide bonds. The number of carboxylic acid groups (broad SMARTS) is 2. The summed E-state index contributed by atoms with van der Waals surface area (Å²) in [6, 6.07) is 0. The fourth-order valence-corrected chi connectivity index (χ4v) is 0.740. The van der Waals surface area contributed by atoms with E-state index < -0.39 is 6.16 Å². The van der Waals surface area contributed by atoms with E-state index in [-0.39, 0.29) is 0 Å². The van der Waals surface area contributed by atoms with Gasteiger partial charge < -0.3 is 15.0 Å². The van der Waals surface area contributed by atoms with Gasteiger partial charge in [0.2, 0.25) is 0 Å². The molecule has 0 spiro atoms. The zero-order valence-corrected chi connectivity index (χ0v) is 9.13. The average molecular weight is 198 g/mol. The molecule has 3 heteroatoms. The van der Waals surface area contributed by atoms with Crippen molar-refractivity contribution in [2.75, 3.05) is 0 Å². The van der Waals surface area contributed by atoms with Crippen LogP contribution in [-0.2, 0) is 0 Å².